The standard InChI is InChI=1S/C19H26N2O3/c1-4-6-9-14(5-2)13-20-19(22)16-12-18(24-21-16)15-10-7-8-11-17(15)23-3/h7-8,10-12,14H,4-6,9,13H2,1-3H3,(H,20,22). The van der Waals surface area contributed by atoms with Gasteiger partial charge in [0.1, 0.15) is 5.75 Å². The first-order valence-electron chi connectivity index (χ1n) is 8.57. The summed E-state index contributed by atoms with van der Waals surface area (Å²) >= 11 is 0. The van der Waals surface area contributed by atoms with E-state index in [0.717, 1.165) is 18.4 Å². The Bertz CT molecular complexity index is 652. The average molecular weight is 330 g/mol. The molecule has 5 nitrogen and oxygen atoms in total. The Morgan fingerprint density at radius 1 is 1.33 bits per heavy atom. The molecular weight excluding hydrogens is 304 g/mol. The summed E-state index contributed by atoms with van der Waals surface area (Å²) in [5, 5.41) is 6.85. The van der Waals surface area contributed by atoms with E-state index in [2.05, 4.69) is 24.3 Å². The number of hydrogen-bond acceptors (Lipinski definition) is 4. The van der Waals surface area contributed by atoms with Crippen LogP contribution >= 0.6 is 0 Å². The minimum Gasteiger partial charge on any atom is -0.496 e. The van der Waals surface area contributed by atoms with Crippen molar-refractivity contribution in [1.82, 2.24) is 10.5 Å². The lowest BCUT2D eigenvalue weighted by atomic mass is 9.99. The maximum atomic E-state index is 12.3. The van der Waals surface area contributed by atoms with Crippen molar-refractivity contribution in [3.8, 4) is 17.1 Å². The number of rotatable bonds is 9. The van der Waals surface area contributed by atoms with E-state index in [1.807, 2.05) is 24.3 Å². The molecule has 5 heteroatoms. The number of para-hydroxylation sites is 1. The van der Waals surface area contributed by atoms with Crippen molar-refractivity contribution in [2.24, 2.45) is 5.92 Å². The first-order chi connectivity index (χ1) is 11.7. The summed E-state index contributed by atoms with van der Waals surface area (Å²) in [6.45, 7) is 5.01. The highest BCUT2D eigenvalue weighted by molar-refractivity contribution is 5.93. The molecule has 0 aliphatic rings. The minimum absolute atomic E-state index is 0.199. The second-order valence-corrected chi connectivity index (χ2v) is 5.90. The van der Waals surface area contributed by atoms with Gasteiger partial charge in [0.05, 0.1) is 12.7 Å². The molecule has 0 aliphatic heterocycles. The summed E-state index contributed by atoms with van der Waals surface area (Å²) in [5.41, 5.74) is 1.07. The highest BCUT2D eigenvalue weighted by Crippen LogP contribution is 2.29. The molecule has 24 heavy (non-hydrogen) atoms. The molecule has 1 amide bonds. The van der Waals surface area contributed by atoms with E-state index in [1.165, 1.54) is 12.8 Å². The van der Waals surface area contributed by atoms with Crippen LogP contribution in [0.2, 0.25) is 0 Å². The van der Waals surface area contributed by atoms with E-state index in [9.17, 15) is 4.79 Å². The second kappa shape index (κ2) is 9.11. The number of carbonyl (C=O) groups excluding carboxylic acids is 1. The van der Waals surface area contributed by atoms with Gasteiger partial charge in [-0.1, -0.05) is 50.4 Å². The molecule has 0 saturated heterocycles. The molecule has 2 aromatic rings. The van der Waals surface area contributed by atoms with E-state index in [-0.39, 0.29) is 5.91 Å². The number of ether oxygens (including phenoxy) is 1. The van der Waals surface area contributed by atoms with Crippen LogP contribution in [-0.4, -0.2) is 24.7 Å². The molecule has 0 spiro atoms. The van der Waals surface area contributed by atoms with Gasteiger partial charge in [0.25, 0.3) is 5.91 Å². The molecule has 2 rings (SSSR count). The van der Waals surface area contributed by atoms with Crippen molar-refractivity contribution in [2.45, 2.75) is 39.5 Å². The first-order valence-corrected chi connectivity index (χ1v) is 8.57. The minimum atomic E-state index is -0.199. The molecule has 1 unspecified atom stereocenters. The third kappa shape index (κ3) is 4.60. The van der Waals surface area contributed by atoms with Gasteiger partial charge in [-0.25, -0.2) is 0 Å². The molecule has 1 atom stereocenters. The smallest absolute Gasteiger partial charge is 0.273 e. The van der Waals surface area contributed by atoms with Crippen LogP contribution in [0.1, 0.15) is 50.0 Å². The lowest BCUT2D eigenvalue weighted by Gasteiger charge is -2.14. The molecule has 0 radical (unpaired) electrons. The molecule has 0 bridgehead atoms. The number of unbranched alkanes of at least 4 members (excludes halogenated alkanes) is 1. The Morgan fingerprint density at radius 3 is 2.83 bits per heavy atom. The predicted molar refractivity (Wildman–Crippen MR) is 94.1 cm³/mol. The van der Waals surface area contributed by atoms with Gasteiger partial charge in [0, 0.05) is 12.6 Å². The van der Waals surface area contributed by atoms with Crippen LogP contribution in [-0.2, 0) is 0 Å². The average Bonchev–Trinajstić information content (AvgIpc) is 3.11. The Morgan fingerprint density at radius 2 is 2.12 bits per heavy atom. The fraction of sp³-hybridized carbons (Fsp3) is 0.474. The summed E-state index contributed by atoms with van der Waals surface area (Å²) in [6, 6.07) is 9.14. The van der Waals surface area contributed by atoms with Crippen molar-refractivity contribution in [1.29, 1.82) is 0 Å². The van der Waals surface area contributed by atoms with Gasteiger partial charge in [-0.2, -0.15) is 0 Å². The van der Waals surface area contributed by atoms with Gasteiger partial charge in [-0.15, -0.1) is 0 Å². The number of amides is 1. The van der Waals surface area contributed by atoms with Crippen LogP contribution in [0, 0.1) is 5.92 Å². The molecule has 1 aromatic carbocycles. The van der Waals surface area contributed by atoms with Crippen LogP contribution < -0.4 is 10.1 Å². The van der Waals surface area contributed by atoms with Crippen molar-refractivity contribution in [2.75, 3.05) is 13.7 Å². The Hall–Kier alpha value is -2.30. The highest BCUT2D eigenvalue weighted by Gasteiger charge is 2.17. The third-order valence-corrected chi connectivity index (χ3v) is 4.21. The number of methoxy groups -OCH3 is 1. The number of hydrogen-bond donors (Lipinski definition) is 1. The zero-order valence-electron chi connectivity index (χ0n) is 14.7. The number of benzene rings is 1. The van der Waals surface area contributed by atoms with E-state index < -0.39 is 0 Å². The molecule has 130 valence electrons. The van der Waals surface area contributed by atoms with E-state index >= 15 is 0 Å². The summed E-state index contributed by atoms with van der Waals surface area (Å²) < 4.78 is 10.6. The van der Waals surface area contributed by atoms with Crippen molar-refractivity contribution in [3.63, 3.8) is 0 Å². The Labute approximate surface area is 143 Å². The van der Waals surface area contributed by atoms with Crippen LogP contribution in [0.5, 0.6) is 5.75 Å². The molecule has 0 aliphatic carbocycles. The third-order valence-electron chi connectivity index (χ3n) is 4.21. The van der Waals surface area contributed by atoms with E-state index in [4.69, 9.17) is 9.26 Å². The summed E-state index contributed by atoms with van der Waals surface area (Å²) in [6.07, 6.45) is 4.57. The van der Waals surface area contributed by atoms with Crippen LogP contribution in [0.15, 0.2) is 34.9 Å². The zero-order chi connectivity index (χ0) is 17.4. The fourth-order valence-electron chi connectivity index (χ4n) is 2.63. The van der Waals surface area contributed by atoms with Crippen molar-refractivity contribution in [3.05, 3.63) is 36.0 Å². The van der Waals surface area contributed by atoms with E-state index in [1.54, 1.807) is 13.2 Å². The lowest BCUT2D eigenvalue weighted by molar-refractivity contribution is 0.0937. The Kier molecular flexibility index (Phi) is 6.85. The monoisotopic (exact) mass is 330 g/mol. The largest absolute Gasteiger partial charge is 0.496 e. The molecular formula is C19H26N2O3. The second-order valence-electron chi connectivity index (χ2n) is 5.90. The molecule has 0 saturated carbocycles. The molecule has 0 fully saturated rings. The number of nitrogens with one attached hydrogen (secondary N) is 1. The van der Waals surface area contributed by atoms with Gasteiger partial charge in [-0.3, -0.25) is 4.79 Å². The van der Waals surface area contributed by atoms with Crippen LogP contribution in [0.3, 0.4) is 0 Å². The van der Waals surface area contributed by atoms with Gasteiger partial charge in [0.15, 0.2) is 11.5 Å². The molecule has 1 aromatic heterocycles. The summed E-state index contributed by atoms with van der Waals surface area (Å²) in [5.74, 6) is 1.52. The van der Waals surface area contributed by atoms with E-state index in [0.29, 0.717) is 29.7 Å². The van der Waals surface area contributed by atoms with Gasteiger partial charge < -0.3 is 14.6 Å². The number of carbonyl (C=O) groups is 1. The number of aromatic nitrogens is 1. The van der Waals surface area contributed by atoms with Crippen LogP contribution in [0.4, 0.5) is 0 Å². The highest BCUT2D eigenvalue weighted by atomic mass is 16.5. The first kappa shape index (κ1) is 18.0. The SMILES string of the molecule is CCCCC(CC)CNC(=O)c1cc(-c2ccccc2OC)on1. The summed E-state index contributed by atoms with van der Waals surface area (Å²) in [7, 11) is 1.60. The number of nitrogens with zero attached hydrogens (tertiary/aromatic N) is 1. The zero-order valence-corrected chi connectivity index (χ0v) is 14.7. The predicted octanol–water partition coefficient (Wildman–Crippen LogP) is 4.30. The maximum absolute atomic E-state index is 12.3. The topological polar surface area (TPSA) is 64.4 Å². The van der Waals surface area contributed by atoms with Crippen molar-refractivity contribution >= 4 is 5.91 Å². The maximum Gasteiger partial charge on any atom is 0.273 e. The van der Waals surface area contributed by atoms with Gasteiger partial charge in [0.2, 0.25) is 0 Å². The Balaban J connectivity index is 2.00. The lowest BCUT2D eigenvalue weighted by Crippen LogP contribution is -2.29. The molecule has 1 N–H and O–H groups in total. The normalized spacial score (nSPS) is 12.0. The van der Waals surface area contributed by atoms with Crippen LogP contribution in [0.25, 0.3) is 11.3 Å². The van der Waals surface area contributed by atoms with Gasteiger partial charge in [-0.05, 0) is 24.5 Å². The molecule has 1 heterocycles. The summed E-state index contributed by atoms with van der Waals surface area (Å²) in [4.78, 5) is 12.3. The quantitative estimate of drug-likeness (QED) is 0.744. The fourth-order valence-corrected chi connectivity index (χ4v) is 2.63. The van der Waals surface area contributed by atoms with Gasteiger partial charge >= 0.3 is 0 Å². The van der Waals surface area contributed by atoms with Crippen molar-refractivity contribution < 1.29 is 14.1 Å².